The number of hydrogen-bond donors (Lipinski definition) is 1. The van der Waals surface area contributed by atoms with Crippen molar-refractivity contribution in [3.8, 4) is 0 Å². The van der Waals surface area contributed by atoms with Crippen LogP contribution in [0.1, 0.15) is 20.8 Å². The molecule has 0 bridgehead atoms. The number of rotatable bonds is 6. The lowest BCUT2D eigenvalue weighted by Crippen LogP contribution is -2.43. The molecule has 1 heterocycles. The summed E-state index contributed by atoms with van der Waals surface area (Å²) < 4.78 is 7.20. The number of aromatic nitrogens is 2. The van der Waals surface area contributed by atoms with Crippen LogP contribution in [0.2, 0.25) is 0 Å². The van der Waals surface area contributed by atoms with Gasteiger partial charge in [-0.1, -0.05) is 0 Å². The molecule has 1 N–H and O–H groups in total. The van der Waals surface area contributed by atoms with Gasteiger partial charge in [-0.3, -0.25) is 4.68 Å². The highest BCUT2D eigenvalue weighted by atomic mass is 16.5. The van der Waals surface area contributed by atoms with E-state index in [2.05, 4.69) is 31.2 Å². The van der Waals surface area contributed by atoms with E-state index in [1.165, 1.54) is 0 Å². The van der Waals surface area contributed by atoms with E-state index in [1.54, 1.807) is 13.3 Å². The van der Waals surface area contributed by atoms with Crippen molar-refractivity contribution in [2.75, 3.05) is 7.11 Å². The second-order valence-corrected chi connectivity index (χ2v) is 4.03. The van der Waals surface area contributed by atoms with Crippen LogP contribution < -0.4 is 5.32 Å². The summed E-state index contributed by atoms with van der Waals surface area (Å²) in [6, 6.07) is 2.67. The molecule has 1 aromatic rings. The SMILES string of the molecule is COC(C)C(C)NC(C)Cn1cccn1. The highest BCUT2D eigenvalue weighted by molar-refractivity contribution is 4.80. The maximum absolute atomic E-state index is 5.26. The van der Waals surface area contributed by atoms with Crippen LogP contribution in [0.4, 0.5) is 0 Å². The summed E-state index contributed by atoms with van der Waals surface area (Å²) in [7, 11) is 1.74. The second kappa shape index (κ2) is 5.88. The zero-order valence-electron chi connectivity index (χ0n) is 9.97. The van der Waals surface area contributed by atoms with Gasteiger partial charge in [0.1, 0.15) is 0 Å². The van der Waals surface area contributed by atoms with Crippen LogP contribution in [-0.4, -0.2) is 35.1 Å². The first kappa shape index (κ1) is 12.2. The fraction of sp³-hybridized carbons (Fsp3) is 0.727. The van der Waals surface area contributed by atoms with Crippen LogP contribution in [0.25, 0.3) is 0 Å². The molecule has 0 aliphatic carbocycles. The Morgan fingerprint density at radius 3 is 2.67 bits per heavy atom. The molecule has 4 heteroatoms. The topological polar surface area (TPSA) is 39.1 Å². The molecule has 3 atom stereocenters. The predicted octanol–water partition coefficient (Wildman–Crippen LogP) is 1.28. The lowest BCUT2D eigenvalue weighted by Gasteiger charge is -2.24. The largest absolute Gasteiger partial charge is 0.380 e. The van der Waals surface area contributed by atoms with Crippen LogP contribution in [-0.2, 0) is 11.3 Å². The van der Waals surface area contributed by atoms with E-state index in [4.69, 9.17) is 4.74 Å². The molecule has 1 rings (SSSR count). The fourth-order valence-corrected chi connectivity index (χ4v) is 1.53. The van der Waals surface area contributed by atoms with Crippen LogP contribution in [0.3, 0.4) is 0 Å². The molecule has 0 aliphatic heterocycles. The van der Waals surface area contributed by atoms with Crippen molar-refractivity contribution in [3.63, 3.8) is 0 Å². The first-order valence-corrected chi connectivity index (χ1v) is 5.39. The molecular formula is C11H21N3O. The van der Waals surface area contributed by atoms with Gasteiger partial charge in [-0.05, 0) is 26.8 Å². The van der Waals surface area contributed by atoms with Gasteiger partial charge in [-0.15, -0.1) is 0 Å². The third kappa shape index (κ3) is 4.01. The summed E-state index contributed by atoms with van der Waals surface area (Å²) in [5, 5.41) is 7.66. The van der Waals surface area contributed by atoms with Gasteiger partial charge in [0.15, 0.2) is 0 Å². The predicted molar refractivity (Wildman–Crippen MR) is 60.8 cm³/mol. The number of ether oxygens (including phenoxy) is 1. The van der Waals surface area contributed by atoms with E-state index in [1.807, 2.05) is 16.9 Å². The number of nitrogens with one attached hydrogen (secondary N) is 1. The van der Waals surface area contributed by atoms with Gasteiger partial charge >= 0.3 is 0 Å². The summed E-state index contributed by atoms with van der Waals surface area (Å²) in [4.78, 5) is 0. The van der Waals surface area contributed by atoms with E-state index < -0.39 is 0 Å². The average Bonchev–Trinajstić information content (AvgIpc) is 2.68. The zero-order valence-corrected chi connectivity index (χ0v) is 9.97. The first-order valence-electron chi connectivity index (χ1n) is 5.39. The van der Waals surface area contributed by atoms with Gasteiger partial charge < -0.3 is 10.1 Å². The van der Waals surface area contributed by atoms with E-state index in [0.29, 0.717) is 12.1 Å². The highest BCUT2D eigenvalue weighted by Crippen LogP contribution is 1.99. The van der Waals surface area contributed by atoms with Crippen molar-refractivity contribution in [1.82, 2.24) is 15.1 Å². The smallest absolute Gasteiger partial charge is 0.0693 e. The number of nitrogens with zero attached hydrogens (tertiary/aromatic N) is 2. The minimum Gasteiger partial charge on any atom is -0.380 e. The molecule has 0 saturated carbocycles. The number of hydrogen-bond acceptors (Lipinski definition) is 3. The lowest BCUT2D eigenvalue weighted by molar-refractivity contribution is 0.0841. The van der Waals surface area contributed by atoms with E-state index in [9.17, 15) is 0 Å². The van der Waals surface area contributed by atoms with Crippen molar-refractivity contribution >= 4 is 0 Å². The standard InChI is InChI=1S/C11H21N3O/c1-9(8-14-7-5-6-12-14)13-10(2)11(3)15-4/h5-7,9-11,13H,8H2,1-4H3. The van der Waals surface area contributed by atoms with Gasteiger partial charge in [0.2, 0.25) is 0 Å². The summed E-state index contributed by atoms with van der Waals surface area (Å²) >= 11 is 0. The van der Waals surface area contributed by atoms with E-state index in [-0.39, 0.29) is 6.10 Å². The Balaban J connectivity index is 2.32. The summed E-state index contributed by atoms with van der Waals surface area (Å²) in [6.45, 7) is 7.24. The summed E-state index contributed by atoms with van der Waals surface area (Å²) in [5.74, 6) is 0. The molecule has 0 aliphatic rings. The molecule has 0 saturated heterocycles. The van der Waals surface area contributed by atoms with E-state index in [0.717, 1.165) is 6.54 Å². The minimum atomic E-state index is 0.227. The molecule has 0 spiro atoms. The van der Waals surface area contributed by atoms with Crippen LogP contribution in [0, 0.1) is 0 Å². The van der Waals surface area contributed by atoms with E-state index >= 15 is 0 Å². The Morgan fingerprint density at radius 2 is 2.13 bits per heavy atom. The molecule has 4 nitrogen and oxygen atoms in total. The Bertz CT molecular complexity index is 261. The van der Waals surface area contributed by atoms with Crippen molar-refractivity contribution in [3.05, 3.63) is 18.5 Å². The van der Waals surface area contributed by atoms with Crippen LogP contribution >= 0.6 is 0 Å². The van der Waals surface area contributed by atoms with Crippen LogP contribution in [0.5, 0.6) is 0 Å². The Labute approximate surface area is 91.6 Å². The summed E-state index contributed by atoms with van der Waals surface area (Å²) in [5.41, 5.74) is 0. The monoisotopic (exact) mass is 211 g/mol. The number of methoxy groups -OCH3 is 1. The quantitative estimate of drug-likeness (QED) is 0.770. The molecule has 0 fully saturated rings. The minimum absolute atomic E-state index is 0.227. The molecular weight excluding hydrogens is 190 g/mol. The normalized spacial score (nSPS) is 17.3. The van der Waals surface area contributed by atoms with Crippen molar-refractivity contribution in [2.24, 2.45) is 0 Å². The zero-order chi connectivity index (χ0) is 11.3. The molecule has 86 valence electrons. The van der Waals surface area contributed by atoms with Gasteiger partial charge in [0.25, 0.3) is 0 Å². The third-order valence-electron chi connectivity index (χ3n) is 2.64. The average molecular weight is 211 g/mol. The van der Waals surface area contributed by atoms with Gasteiger partial charge in [-0.25, -0.2) is 0 Å². The molecule has 3 unspecified atom stereocenters. The first-order chi connectivity index (χ1) is 7.13. The molecule has 0 aromatic carbocycles. The highest BCUT2D eigenvalue weighted by Gasteiger charge is 2.13. The Kier molecular flexibility index (Phi) is 4.78. The third-order valence-corrected chi connectivity index (χ3v) is 2.64. The lowest BCUT2D eigenvalue weighted by atomic mass is 10.2. The van der Waals surface area contributed by atoms with Gasteiger partial charge in [0.05, 0.1) is 12.6 Å². The van der Waals surface area contributed by atoms with Crippen molar-refractivity contribution < 1.29 is 4.74 Å². The van der Waals surface area contributed by atoms with Gasteiger partial charge in [0, 0.05) is 31.6 Å². The fourth-order valence-electron chi connectivity index (χ4n) is 1.53. The molecule has 1 aromatic heterocycles. The van der Waals surface area contributed by atoms with Gasteiger partial charge in [-0.2, -0.15) is 5.10 Å². The maximum atomic E-state index is 5.26. The maximum Gasteiger partial charge on any atom is 0.0693 e. The van der Waals surface area contributed by atoms with Crippen molar-refractivity contribution in [2.45, 2.75) is 45.5 Å². The molecule has 15 heavy (non-hydrogen) atoms. The molecule has 0 amide bonds. The second-order valence-electron chi connectivity index (χ2n) is 4.03. The van der Waals surface area contributed by atoms with Crippen molar-refractivity contribution in [1.29, 1.82) is 0 Å². The van der Waals surface area contributed by atoms with Crippen LogP contribution in [0.15, 0.2) is 18.5 Å². The Morgan fingerprint density at radius 1 is 1.40 bits per heavy atom. The molecule has 0 radical (unpaired) electrons. The summed E-state index contributed by atoms with van der Waals surface area (Å²) in [6.07, 6.45) is 4.00. The Hall–Kier alpha value is -0.870.